The number of nitrogens with one attached hydrogen (secondary N) is 1. The van der Waals surface area contributed by atoms with Crippen molar-refractivity contribution >= 4 is 23.3 Å². The van der Waals surface area contributed by atoms with Gasteiger partial charge >= 0.3 is 6.09 Å². The van der Waals surface area contributed by atoms with Crippen LogP contribution in [-0.2, 0) is 4.74 Å². The minimum atomic E-state index is -0.285. The standard InChI is InChI=1S/C17H20N4O3S/c1-2-24-17(23)21-9-6-12(7-10-21)19-15(22)14-11-25-16(20-14)13-5-3-4-8-18-13/h3-5,8,11-12H,2,6-7,9-10H2,1H3,(H,19,22). The van der Waals surface area contributed by atoms with Crippen molar-refractivity contribution in [2.24, 2.45) is 0 Å². The second-order valence-electron chi connectivity index (χ2n) is 5.69. The van der Waals surface area contributed by atoms with E-state index in [0.29, 0.717) is 38.2 Å². The van der Waals surface area contributed by atoms with Gasteiger partial charge in [-0.3, -0.25) is 9.78 Å². The predicted octanol–water partition coefficient (Wildman–Crippen LogP) is 2.56. The number of carbonyl (C=O) groups excluding carboxylic acids is 2. The lowest BCUT2D eigenvalue weighted by molar-refractivity contribution is 0.0857. The summed E-state index contributed by atoms with van der Waals surface area (Å²) in [5, 5.41) is 5.47. The summed E-state index contributed by atoms with van der Waals surface area (Å²) in [6.07, 6.45) is 2.84. The number of hydrogen-bond acceptors (Lipinski definition) is 6. The van der Waals surface area contributed by atoms with E-state index in [-0.39, 0.29) is 18.0 Å². The summed E-state index contributed by atoms with van der Waals surface area (Å²) < 4.78 is 5.00. The number of piperidine rings is 1. The number of carbonyl (C=O) groups is 2. The van der Waals surface area contributed by atoms with Gasteiger partial charge in [-0.15, -0.1) is 11.3 Å². The van der Waals surface area contributed by atoms with Crippen molar-refractivity contribution in [2.45, 2.75) is 25.8 Å². The molecule has 3 rings (SSSR count). The van der Waals surface area contributed by atoms with Crippen LogP contribution < -0.4 is 5.32 Å². The summed E-state index contributed by atoms with van der Waals surface area (Å²) >= 11 is 1.40. The van der Waals surface area contributed by atoms with Gasteiger partial charge in [-0.25, -0.2) is 9.78 Å². The third-order valence-corrected chi connectivity index (χ3v) is 4.84. The Kier molecular flexibility index (Phi) is 5.60. The molecule has 0 spiro atoms. The molecule has 0 aliphatic carbocycles. The monoisotopic (exact) mass is 360 g/mol. The molecule has 7 nitrogen and oxygen atoms in total. The van der Waals surface area contributed by atoms with E-state index in [1.54, 1.807) is 23.4 Å². The summed E-state index contributed by atoms with van der Waals surface area (Å²) in [7, 11) is 0. The van der Waals surface area contributed by atoms with Gasteiger partial charge in [0.2, 0.25) is 0 Å². The van der Waals surface area contributed by atoms with Crippen molar-refractivity contribution in [2.75, 3.05) is 19.7 Å². The highest BCUT2D eigenvalue weighted by Gasteiger charge is 2.25. The number of ether oxygens (including phenoxy) is 1. The summed E-state index contributed by atoms with van der Waals surface area (Å²) in [5.41, 5.74) is 1.16. The Morgan fingerprint density at radius 3 is 2.84 bits per heavy atom. The summed E-state index contributed by atoms with van der Waals surface area (Å²) in [4.78, 5) is 34.4. The van der Waals surface area contributed by atoms with Gasteiger partial charge in [0, 0.05) is 30.7 Å². The molecule has 0 saturated carbocycles. The third-order valence-electron chi connectivity index (χ3n) is 3.98. The Morgan fingerprint density at radius 2 is 2.16 bits per heavy atom. The fourth-order valence-electron chi connectivity index (χ4n) is 2.67. The van der Waals surface area contributed by atoms with E-state index in [0.717, 1.165) is 10.7 Å². The van der Waals surface area contributed by atoms with Crippen LogP contribution in [0.1, 0.15) is 30.3 Å². The number of rotatable bonds is 4. The van der Waals surface area contributed by atoms with E-state index in [1.807, 2.05) is 18.2 Å². The Morgan fingerprint density at radius 1 is 1.36 bits per heavy atom. The van der Waals surface area contributed by atoms with E-state index in [9.17, 15) is 9.59 Å². The van der Waals surface area contributed by atoms with Gasteiger partial charge in [-0.2, -0.15) is 0 Å². The average Bonchev–Trinajstić information content (AvgIpc) is 3.13. The number of amides is 2. The van der Waals surface area contributed by atoms with Crippen molar-refractivity contribution < 1.29 is 14.3 Å². The minimum Gasteiger partial charge on any atom is -0.450 e. The van der Waals surface area contributed by atoms with Crippen LogP contribution in [0, 0.1) is 0 Å². The van der Waals surface area contributed by atoms with Crippen LogP contribution in [0.25, 0.3) is 10.7 Å². The Bertz CT molecular complexity index is 727. The first-order valence-electron chi connectivity index (χ1n) is 8.27. The zero-order valence-electron chi connectivity index (χ0n) is 14.0. The number of thiazole rings is 1. The molecule has 1 N–H and O–H groups in total. The first-order chi connectivity index (χ1) is 12.2. The second kappa shape index (κ2) is 8.06. The van der Waals surface area contributed by atoms with Gasteiger partial charge in [0.05, 0.1) is 12.3 Å². The highest BCUT2D eigenvalue weighted by Crippen LogP contribution is 2.21. The molecule has 3 heterocycles. The van der Waals surface area contributed by atoms with E-state index < -0.39 is 0 Å². The van der Waals surface area contributed by atoms with Gasteiger partial charge in [0.1, 0.15) is 10.7 Å². The number of pyridine rings is 1. The largest absolute Gasteiger partial charge is 0.450 e. The number of nitrogens with zero attached hydrogens (tertiary/aromatic N) is 3. The lowest BCUT2D eigenvalue weighted by atomic mass is 10.1. The molecule has 0 radical (unpaired) electrons. The molecule has 1 aliphatic heterocycles. The van der Waals surface area contributed by atoms with Crippen LogP contribution in [-0.4, -0.2) is 52.6 Å². The molecule has 0 aromatic carbocycles. The zero-order valence-corrected chi connectivity index (χ0v) is 14.8. The Hall–Kier alpha value is -2.48. The van der Waals surface area contributed by atoms with Crippen LogP contribution in [0.4, 0.5) is 4.79 Å². The van der Waals surface area contributed by atoms with Crippen LogP contribution in [0.3, 0.4) is 0 Å². The lowest BCUT2D eigenvalue weighted by Crippen LogP contribution is -2.46. The fraction of sp³-hybridized carbons (Fsp3) is 0.412. The zero-order chi connectivity index (χ0) is 17.6. The van der Waals surface area contributed by atoms with Crippen LogP contribution >= 0.6 is 11.3 Å². The first kappa shape index (κ1) is 17.3. The molecule has 2 aromatic heterocycles. The maximum Gasteiger partial charge on any atom is 0.409 e. The predicted molar refractivity (Wildman–Crippen MR) is 94.4 cm³/mol. The van der Waals surface area contributed by atoms with E-state index >= 15 is 0 Å². The van der Waals surface area contributed by atoms with Crippen LogP contribution in [0.15, 0.2) is 29.8 Å². The molecule has 2 amide bonds. The first-order valence-corrected chi connectivity index (χ1v) is 9.15. The van der Waals surface area contributed by atoms with Crippen molar-refractivity contribution in [3.63, 3.8) is 0 Å². The normalized spacial score (nSPS) is 15.0. The topological polar surface area (TPSA) is 84.4 Å². The molecular weight excluding hydrogens is 340 g/mol. The van der Waals surface area contributed by atoms with E-state index in [2.05, 4.69) is 15.3 Å². The van der Waals surface area contributed by atoms with Crippen LogP contribution in [0.5, 0.6) is 0 Å². The maximum atomic E-state index is 12.4. The van der Waals surface area contributed by atoms with Crippen molar-refractivity contribution in [3.05, 3.63) is 35.5 Å². The lowest BCUT2D eigenvalue weighted by Gasteiger charge is -2.31. The number of likely N-dealkylation sites (tertiary alicyclic amines) is 1. The molecule has 0 bridgehead atoms. The summed E-state index contributed by atoms with van der Waals surface area (Å²) in [6.45, 7) is 3.33. The second-order valence-corrected chi connectivity index (χ2v) is 6.54. The smallest absolute Gasteiger partial charge is 0.409 e. The van der Waals surface area contributed by atoms with Crippen molar-refractivity contribution in [1.29, 1.82) is 0 Å². The third kappa shape index (κ3) is 4.33. The highest BCUT2D eigenvalue weighted by atomic mass is 32.1. The van der Waals surface area contributed by atoms with Gasteiger partial charge in [0.15, 0.2) is 0 Å². The molecule has 2 aromatic rings. The van der Waals surface area contributed by atoms with E-state index in [4.69, 9.17) is 4.74 Å². The molecule has 1 saturated heterocycles. The molecular formula is C17H20N4O3S. The van der Waals surface area contributed by atoms with Gasteiger partial charge in [-0.05, 0) is 31.9 Å². The fourth-order valence-corrected chi connectivity index (χ4v) is 3.44. The SMILES string of the molecule is CCOC(=O)N1CCC(NC(=O)c2csc(-c3ccccn3)n2)CC1. The molecule has 1 aliphatic rings. The molecule has 1 fully saturated rings. The minimum absolute atomic E-state index is 0.0400. The van der Waals surface area contributed by atoms with Crippen LogP contribution in [0.2, 0.25) is 0 Å². The number of hydrogen-bond donors (Lipinski definition) is 1. The average molecular weight is 360 g/mol. The summed E-state index contributed by atoms with van der Waals surface area (Å²) in [6, 6.07) is 5.64. The van der Waals surface area contributed by atoms with Gasteiger partial charge < -0.3 is 15.0 Å². The highest BCUT2D eigenvalue weighted by molar-refractivity contribution is 7.13. The Balaban J connectivity index is 1.54. The van der Waals surface area contributed by atoms with Crippen molar-refractivity contribution in [1.82, 2.24) is 20.2 Å². The molecule has 8 heteroatoms. The quantitative estimate of drug-likeness (QED) is 0.906. The van der Waals surface area contributed by atoms with E-state index in [1.165, 1.54) is 11.3 Å². The molecule has 25 heavy (non-hydrogen) atoms. The molecule has 0 atom stereocenters. The molecule has 132 valence electrons. The summed E-state index contributed by atoms with van der Waals surface area (Å²) in [5.74, 6) is -0.187. The maximum absolute atomic E-state index is 12.4. The van der Waals surface area contributed by atoms with Gasteiger partial charge in [-0.1, -0.05) is 6.07 Å². The number of aromatic nitrogens is 2. The Labute approximate surface area is 150 Å². The molecule has 0 unspecified atom stereocenters. The van der Waals surface area contributed by atoms with Crippen molar-refractivity contribution in [3.8, 4) is 10.7 Å². The van der Waals surface area contributed by atoms with Gasteiger partial charge in [0.25, 0.3) is 5.91 Å².